The number of methoxy groups -OCH3 is 1. The number of nitrogens with zero attached hydrogens (tertiary/aromatic N) is 1. The van der Waals surface area contributed by atoms with Gasteiger partial charge in [-0.3, -0.25) is 0 Å². The Kier molecular flexibility index (Phi) is 3.94. The van der Waals surface area contributed by atoms with Gasteiger partial charge in [0.05, 0.1) is 7.11 Å². The molecule has 4 nitrogen and oxygen atoms in total. The lowest BCUT2D eigenvalue weighted by atomic mass is 10.1. The molecule has 0 fully saturated rings. The molecular weight excluding hydrogens is 302 g/mol. The highest BCUT2D eigenvalue weighted by Crippen LogP contribution is 2.24. The third-order valence-electron chi connectivity index (χ3n) is 3.12. The van der Waals surface area contributed by atoms with Crippen LogP contribution in [0.5, 0.6) is 5.75 Å². The fourth-order valence-electron chi connectivity index (χ4n) is 2.09. The molecule has 3 rings (SSSR count). The highest BCUT2D eigenvalue weighted by Gasteiger charge is 2.24. The zero-order valence-electron chi connectivity index (χ0n) is 11.7. The fourth-order valence-corrected chi connectivity index (χ4v) is 2.28. The quantitative estimate of drug-likeness (QED) is 0.641. The number of halogens is 1. The van der Waals surface area contributed by atoms with E-state index in [1.54, 1.807) is 37.5 Å². The second-order valence-electron chi connectivity index (χ2n) is 4.59. The van der Waals surface area contributed by atoms with E-state index in [9.17, 15) is 4.79 Å². The van der Waals surface area contributed by atoms with Gasteiger partial charge in [-0.15, -0.1) is 0 Å². The van der Waals surface area contributed by atoms with Crippen LogP contribution in [0.4, 0.5) is 0 Å². The van der Waals surface area contributed by atoms with Crippen molar-refractivity contribution in [1.82, 2.24) is 0 Å². The maximum Gasteiger partial charge on any atom is 0.363 e. The molecule has 22 heavy (non-hydrogen) atoms. The molecule has 0 bridgehead atoms. The predicted octanol–water partition coefficient (Wildman–Crippen LogP) is 3.69. The van der Waals surface area contributed by atoms with Gasteiger partial charge in [-0.05, 0) is 30.3 Å². The molecule has 0 unspecified atom stereocenters. The van der Waals surface area contributed by atoms with Crippen molar-refractivity contribution >= 4 is 29.5 Å². The van der Waals surface area contributed by atoms with Crippen molar-refractivity contribution in [3.05, 3.63) is 70.4 Å². The summed E-state index contributed by atoms with van der Waals surface area (Å²) in [7, 11) is 1.57. The Labute approximate surface area is 132 Å². The standard InChI is InChI=1S/C17H12ClNO3/c1-21-15-8-3-2-5-11(15)10-14-17(20)22-16(19-14)12-6-4-7-13(18)9-12/h2-10H,1H3. The van der Waals surface area contributed by atoms with Crippen LogP contribution in [0.25, 0.3) is 6.08 Å². The number of esters is 1. The molecule has 110 valence electrons. The first kappa shape index (κ1) is 14.4. The molecule has 2 aromatic carbocycles. The number of aliphatic imine (C=N–C) groups is 1. The summed E-state index contributed by atoms with van der Waals surface area (Å²) in [5, 5.41) is 0.554. The van der Waals surface area contributed by atoms with Crippen LogP contribution in [-0.4, -0.2) is 19.0 Å². The van der Waals surface area contributed by atoms with Crippen LogP contribution < -0.4 is 4.74 Å². The molecule has 0 atom stereocenters. The first-order valence-corrected chi connectivity index (χ1v) is 6.96. The molecule has 0 amide bonds. The van der Waals surface area contributed by atoms with Gasteiger partial charge in [0, 0.05) is 16.1 Å². The summed E-state index contributed by atoms with van der Waals surface area (Å²) < 4.78 is 10.5. The number of benzene rings is 2. The SMILES string of the molecule is COc1ccccc1C=C1N=C(c2cccc(Cl)c2)OC1=O. The van der Waals surface area contributed by atoms with Crippen LogP contribution in [-0.2, 0) is 9.53 Å². The molecule has 0 saturated heterocycles. The van der Waals surface area contributed by atoms with Crippen molar-refractivity contribution in [2.45, 2.75) is 0 Å². The smallest absolute Gasteiger partial charge is 0.363 e. The summed E-state index contributed by atoms with van der Waals surface area (Å²) in [4.78, 5) is 16.2. The van der Waals surface area contributed by atoms with Crippen molar-refractivity contribution in [3.8, 4) is 5.75 Å². The van der Waals surface area contributed by atoms with Crippen molar-refractivity contribution in [2.24, 2.45) is 4.99 Å². The van der Waals surface area contributed by atoms with Gasteiger partial charge in [0.25, 0.3) is 0 Å². The van der Waals surface area contributed by atoms with Gasteiger partial charge in [0.1, 0.15) is 5.75 Å². The minimum atomic E-state index is -0.499. The number of para-hydroxylation sites is 1. The molecule has 0 saturated carbocycles. The van der Waals surface area contributed by atoms with Gasteiger partial charge in [0.15, 0.2) is 5.70 Å². The molecule has 5 heteroatoms. The Balaban J connectivity index is 1.98. The second kappa shape index (κ2) is 6.03. The van der Waals surface area contributed by atoms with Crippen LogP contribution in [0, 0.1) is 0 Å². The van der Waals surface area contributed by atoms with E-state index in [4.69, 9.17) is 21.1 Å². The zero-order chi connectivity index (χ0) is 15.5. The Morgan fingerprint density at radius 3 is 2.77 bits per heavy atom. The highest BCUT2D eigenvalue weighted by atomic mass is 35.5. The number of carbonyl (C=O) groups is 1. The van der Waals surface area contributed by atoms with E-state index < -0.39 is 5.97 Å². The maximum absolute atomic E-state index is 12.0. The second-order valence-corrected chi connectivity index (χ2v) is 5.02. The summed E-state index contributed by atoms with van der Waals surface area (Å²) in [6.07, 6.45) is 1.64. The van der Waals surface area contributed by atoms with Crippen molar-refractivity contribution in [3.63, 3.8) is 0 Å². The van der Waals surface area contributed by atoms with Crippen LogP contribution in [0.1, 0.15) is 11.1 Å². The first-order valence-electron chi connectivity index (χ1n) is 6.59. The van der Waals surface area contributed by atoms with Gasteiger partial charge < -0.3 is 9.47 Å². The minimum absolute atomic E-state index is 0.222. The number of rotatable bonds is 3. The number of cyclic esters (lactones) is 1. The topological polar surface area (TPSA) is 47.9 Å². The lowest BCUT2D eigenvalue weighted by molar-refractivity contribution is -0.129. The number of hydrogen-bond acceptors (Lipinski definition) is 4. The van der Waals surface area contributed by atoms with Gasteiger partial charge in [-0.1, -0.05) is 35.9 Å². The molecule has 0 spiro atoms. The third-order valence-corrected chi connectivity index (χ3v) is 3.36. The van der Waals surface area contributed by atoms with Crippen LogP contribution >= 0.6 is 11.6 Å². The van der Waals surface area contributed by atoms with Crippen molar-refractivity contribution < 1.29 is 14.3 Å². The Morgan fingerprint density at radius 2 is 2.00 bits per heavy atom. The van der Waals surface area contributed by atoms with E-state index in [1.807, 2.05) is 24.3 Å². The molecule has 0 N–H and O–H groups in total. The lowest BCUT2D eigenvalue weighted by Crippen LogP contribution is -2.05. The van der Waals surface area contributed by atoms with Crippen LogP contribution in [0.2, 0.25) is 5.02 Å². The molecule has 2 aromatic rings. The monoisotopic (exact) mass is 313 g/mol. The molecule has 0 radical (unpaired) electrons. The first-order chi connectivity index (χ1) is 10.7. The summed E-state index contributed by atoms with van der Waals surface area (Å²) in [5.41, 5.74) is 1.64. The van der Waals surface area contributed by atoms with Gasteiger partial charge in [-0.25, -0.2) is 9.79 Å². The Hall–Kier alpha value is -2.59. The number of ether oxygens (including phenoxy) is 2. The molecule has 0 aromatic heterocycles. The van der Waals surface area contributed by atoms with E-state index in [-0.39, 0.29) is 11.6 Å². The molecule has 1 aliphatic rings. The van der Waals surface area contributed by atoms with Crippen molar-refractivity contribution in [2.75, 3.05) is 7.11 Å². The molecule has 1 heterocycles. The summed E-state index contributed by atoms with van der Waals surface area (Å²) in [5.74, 6) is 0.406. The van der Waals surface area contributed by atoms with Gasteiger partial charge >= 0.3 is 5.97 Å². The molecule has 1 aliphatic heterocycles. The summed E-state index contributed by atoms with van der Waals surface area (Å²) in [6.45, 7) is 0. The van der Waals surface area contributed by atoms with Crippen LogP contribution in [0.15, 0.2) is 59.2 Å². The lowest BCUT2D eigenvalue weighted by Gasteiger charge is -2.03. The average molecular weight is 314 g/mol. The highest BCUT2D eigenvalue weighted by molar-refractivity contribution is 6.31. The average Bonchev–Trinajstić information content (AvgIpc) is 2.89. The maximum atomic E-state index is 12.0. The third kappa shape index (κ3) is 2.87. The van der Waals surface area contributed by atoms with E-state index in [2.05, 4.69) is 4.99 Å². The van der Waals surface area contributed by atoms with Gasteiger partial charge in [0.2, 0.25) is 5.90 Å². The Bertz CT molecular complexity index is 796. The zero-order valence-corrected chi connectivity index (χ0v) is 12.5. The predicted molar refractivity (Wildman–Crippen MR) is 85.1 cm³/mol. The normalized spacial score (nSPS) is 15.6. The van der Waals surface area contributed by atoms with E-state index >= 15 is 0 Å². The van der Waals surface area contributed by atoms with E-state index in [1.165, 1.54) is 0 Å². The minimum Gasteiger partial charge on any atom is -0.496 e. The number of hydrogen-bond donors (Lipinski definition) is 0. The summed E-state index contributed by atoms with van der Waals surface area (Å²) >= 11 is 5.94. The van der Waals surface area contributed by atoms with E-state index in [0.717, 1.165) is 5.56 Å². The van der Waals surface area contributed by atoms with Crippen molar-refractivity contribution in [1.29, 1.82) is 0 Å². The molecule has 0 aliphatic carbocycles. The summed E-state index contributed by atoms with van der Waals surface area (Å²) in [6, 6.07) is 14.4. The Morgan fingerprint density at radius 1 is 1.18 bits per heavy atom. The fraction of sp³-hybridized carbons (Fsp3) is 0.0588. The van der Waals surface area contributed by atoms with Gasteiger partial charge in [-0.2, -0.15) is 0 Å². The van der Waals surface area contributed by atoms with Crippen LogP contribution in [0.3, 0.4) is 0 Å². The number of carbonyl (C=O) groups excluding carboxylic acids is 1. The molecular formula is C17H12ClNO3. The van der Waals surface area contributed by atoms with E-state index in [0.29, 0.717) is 16.3 Å². The largest absolute Gasteiger partial charge is 0.496 e.